The van der Waals surface area contributed by atoms with Gasteiger partial charge in [0.1, 0.15) is 4.88 Å². The molecular weight excluding hydrogens is 226 g/mol. The zero-order valence-electron chi connectivity index (χ0n) is 8.93. The molecule has 1 aromatic heterocycles. The third-order valence-corrected chi connectivity index (χ3v) is 2.74. The Balaban J connectivity index is 2.61. The lowest BCUT2D eigenvalue weighted by molar-refractivity contribution is -0.117. The van der Waals surface area contributed by atoms with Gasteiger partial charge in [-0.05, 0) is 25.1 Å². The summed E-state index contributed by atoms with van der Waals surface area (Å²) in [6.07, 6.45) is 3.63. The first-order valence-corrected chi connectivity index (χ1v) is 5.67. The van der Waals surface area contributed by atoms with Crippen molar-refractivity contribution in [3.05, 3.63) is 28.0 Å². The molecule has 0 aliphatic heterocycles. The van der Waals surface area contributed by atoms with Gasteiger partial charge in [-0.15, -0.1) is 11.3 Å². The van der Waals surface area contributed by atoms with Gasteiger partial charge in [-0.2, -0.15) is 0 Å². The minimum Gasteiger partial charge on any atom is -0.462 e. The molecular formula is C11H13NO3S. The Morgan fingerprint density at radius 3 is 2.88 bits per heavy atom. The highest BCUT2D eigenvalue weighted by Crippen LogP contribution is 2.18. The van der Waals surface area contributed by atoms with E-state index in [2.05, 4.69) is 0 Å². The van der Waals surface area contributed by atoms with Crippen molar-refractivity contribution in [2.24, 2.45) is 5.73 Å². The lowest BCUT2D eigenvalue weighted by Crippen LogP contribution is -2.07. The van der Waals surface area contributed by atoms with E-state index in [-0.39, 0.29) is 18.3 Å². The highest BCUT2D eigenvalue weighted by Gasteiger charge is 2.08. The Labute approximate surface area is 97.7 Å². The molecule has 0 fully saturated rings. The molecule has 5 heteroatoms. The molecule has 0 aliphatic rings. The topological polar surface area (TPSA) is 69.4 Å². The van der Waals surface area contributed by atoms with Crippen LogP contribution in [0.2, 0.25) is 0 Å². The molecule has 1 aromatic rings. The van der Waals surface area contributed by atoms with Gasteiger partial charge in [-0.25, -0.2) is 4.79 Å². The van der Waals surface area contributed by atoms with Gasteiger partial charge >= 0.3 is 5.97 Å². The fraction of sp³-hybridized carbons (Fsp3) is 0.273. The van der Waals surface area contributed by atoms with Crippen molar-refractivity contribution in [2.45, 2.75) is 13.3 Å². The number of hydrogen-bond donors (Lipinski definition) is 1. The number of esters is 1. The van der Waals surface area contributed by atoms with Crippen molar-refractivity contribution in [1.29, 1.82) is 0 Å². The van der Waals surface area contributed by atoms with E-state index in [1.165, 1.54) is 11.3 Å². The van der Waals surface area contributed by atoms with E-state index >= 15 is 0 Å². The van der Waals surface area contributed by atoms with E-state index in [9.17, 15) is 9.59 Å². The summed E-state index contributed by atoms with van der Waals surface area (Å²) in [6.45, 7) is 2.13. The molecule has 0 bridgehead atoms. The van der Waals surface area contributed by atoms with Crippen molar-refractivity contribution in [3.8, 4) is 0 Å². The summed E-state index contributed by atoms with van der Waals surface area (Å²) in [4.78, 5) is 23.3. The molecule has 0 spiro atoms. The molecule has 0 saturated heterocycles. The Kier molecular flexibility index (Phi) is 4.72. The summed E-state index contributed by atoms with van der Waals surface area (Å²) < 4.78 is 4.86. The number of ether oxygens (including phenoxy) is 1. The number of nitrogens with two attached hydrogens (primary N) is 1. The van der Waals surface area contributed by atoms with Gasteiger partial charge < -0.3 is 10.5 Å². The highest BCUT2D eigenvalue weighted by atomic mass is 32.1. The fourth-order valence-corrected chi connectivity index (χ4v) is 1.88. The standard InChI is InChI=1S/C11H13NO3S/c1-2-15-11(14)9-7-6-8(16-9)4-3-5-10(12)13/h3-4,6-7H,2,5H2,1H3,(H2,12,13). The average molecular weight is 239 g/mol. The largest absolute Gasteiger partial charge is 0.462 e. The first kappa shape index (κ1) is 12.4. The molecule has 0 aliphatic carbocycles. The summed E-state index contributed by atoms with van der Waals surface area (Å²) >= 11 is 1.32. The zero-order valence-corrected chi connectivity index (χ0v) is 9.75. The molecule has 1 heterocycles. The first-order valence-electron chi connectivity index (χ1n) is 4.85. The van der Waals surface area contributed by atoms with Crippen molar-refractivity contribution in [2.75, 3.05) is 6.61 Å². The van der Waals surface area contributed by atoms with Crippen LogP contribution in [0.4, 0.5) is 0 Å². The maximum Gasteiger partial charge on any atom is 0.348 e. The highest BCUT2D eigenvalue weighted by molar-refractivity contribution is 7.14. The van der Waals surface area contributed by atoms with Gasteiger partial charge in [-0.3, -0.25) is 4.79 Å². The second kappa shape index (κ2) is 6.07. The number of hydrogen-bond acceptors (Lipinski definition) is 4. The van der Waals surface area contributed by atoms with Crippen LogP contribution in [-0.2, 0) is 9.53 Å². The summed E-state index contributed by atoms with van der Waals surface area (Å²) in [5.41, 5.74) is 4.99. The van der Waals surface area contributed by atoms with Crippen molar-refractivity contribution >= 4 is 29.3 Å². The predicted octanol–water partition coefficient (Wildman–Crippen LogP) is 1.81. The van der Waals surface area contributed by atoms with E-state index in [1.54, 1.807) is 31.2 Å². The van der Waals surface area contributed by atoms with Crippen LogP contribution >= 0.6 is 11.3 Å². The van der Waals surface area contributed by atoms with Crippen LogP contribution in [-0.4, -0.2) is 18.5 Å². The average Bonchev–Trinajstić information content (AvgIpc) is 2.66. The lowest BCUT2D eigenvalue weighted by atomic mass is 10.3. The number of carbonyl (C=O) groups excluding carboxylic acids is 2. The van der Waals surface area contributed by atoms with E-state index in [1.807, 2.05) is 0 Å². The minimum absolute atomic E-state index is 0.201. The molecule has 0 unspecified atom stereocenters. The number of rotatable bonds is 5. The molecule has 4 nitrogen and oxygen atoms in total. The van der Waals surface area contributed by atoms with E-state index in [0.717, 1.165) is 4.88 Å². The minimum atomic E-state index is -0.376. The second-order valence-electron chi connectivity index (χ2n) is 3.00. The third kappa shape index (κ3) is 3.86. The van der Waals surface area contributed by atoms with Crippen LogP contribution in [0.3, 0.4) is 0 Å². The molecule has 1 amide bonds. The smallest absolute Gasteiger partial charge is 0.348 e. The summed E-state index contributed by atoms with van der Waals surface area (Å²) in [5, 5.41) is 0. The molecule has 0 atom stereocenters. The van der Waals surface area contributed by atoms with E-state index in [4.69, 9.17) is 10.5 Å². The van der Waals surface area contributed by atoms with Gasteiger partial charge in [-0.1, -0.05) is 6.08 Å². The van der Waals surface area contributed by atoms with Gasteiger partial charge in [0.2, 0.25) is 5.91 Å². The Hall–Kier alpha value is -1.62. The number of carbonyl (C=O) groups is 2. The van der Waals surface area contributed by atoms with Crippen LogP contribution < -0.4 is 5.73 Å². The zero-order chi connectivity index (χ0) is 12.0. The van der Waals surface area contributed by atoms with E-state index in [0.29, 0.717) is 11.5 Å². The number of thiophene rings is 1. The molecule has 0 radical (unpaired) electrons. The van der Waals surface area contributed by atoms with Crippen LogP contribution in [0.5, 0.6) is 0 Å². The quantitative estimate of drug-likeness (QED) is 0.797. The number of primary amides is 1. The monoisotopic (exact) mass is 239 g/mol. The summed E-state index contributed by atoms with van der Waals surface area (Å²) in [7, 11) is 0. The van der Waals surface area contributed by atoms with Crippen molar-refractivity contribution in [3.63, 3.8) is 0 Å². The summed E-state index contributed by atoms with van der Waals surface area (Å²) in [5.74, 6) is -0.694. The van der Waals surface area contributed by atoms with E-state index < -0.39 is 0 Å². The maximum absolute atomic E-state index is 11.3. The van der Waals surface area contributed by atoms with Gasteiger partial charge in [0.25, 0.3) is 0 Å². The maximum atomic E-state index is 11.3. The molecule has 2 N–H and O–H groups in total. The SMILES string of the molecule is CCOC(=O)c1ccc(C=CCC(N)=O)s1. The molecule has 1 rings (SSSR count). The third-order valence-electron chi connectivity index (χ3n) is 1.70. The van der Waals surface area contributed by atoms with Crippen molar-refractivity contribution in [1.82, 2.24) is 0 Å². The van der Waals surface area contributed by atoms with Gasteiger partial charge in [0.15, 0.2) is 0 Å². The van der Waals surface area contributed by atoms with Crippen LogP contribution in [0.1, 0.15) is 27.9 Å². The fourth-order valence-electron chi connectivity index (χ4n) is 1.05. The molecule has 0 saturated carbocycles. The molecule has 16 heavy (non-hydrogen) atoms. The summed E-state index contributed by atoms with van der Waals surface area (Å²) in [6, 6.07) is 3.50. The lowest BCUT2D eigenvalue weighted by Gasteiger charge is -1.96. The van der Waals surface area contributed by atoms with Gasteiger partial charge in [0.05, 0.1) is 6.61 Å². The van der Waals surface area contributed by atoms with Crippen LogP contribution in [0.15, 0.2) is 18.2 Å². The Morgan fingerprint density at radius 1 is 1.50 bits per heavy atom. The normalized spacial score (nSPS) is 10.6. The first-order chi connectivity index (χ1) is 7.63. The second-order valence-corrected chi connectivity index (χ2v) is 4.11. The Bertz CT molecular complexity index is 409. The number of amides is 1. The Morgan fingerprint density at radius 2 is 2.25 bits per heavy atom. The molecule has 0 aromatic carbocycles. The molecule has 86 valence electrons. The van der Waals surface area contributed by atoms with Crippen LogP contribution in [0.25, 0.3) is 6.08 Å². The van der Waals surface area contributed by atoms with Gasteiger partial charge in [0, 0.05) is 11.3 Å². The van der Waals surface area contributed by atoms with Crippen molar-refractivity contribution < 1.29 is 14.3 Å². The predicted molar refractivity (Wildman–Crippen MR) is 63.1 cm³/mol. The van der Waals surface area contributed by atoms with Crippen LogP contribution in [0, 0.1) is 0 Å².